The molecule has 0 bridgehead atoms. The smallest absolute Gasteiger partial charge is 0.164 e. The molecule has 0 radical (unpaired) electrons. The summed E-state index contributed by atoms with van der Waals surface area (Å²) in [6, 6.07) is 133. The number of furan rings is 3. The Balaban J connectivity index is 0.000000112. The highest BCUT2D eigenvalue weighted by molar-refractivity contribution is 6.11. The van der Waals surface area contributed by atoms with Crippen LogP contribution in [0.3, 0.4) is 0 Å². The molecular formula is C103H65N9O3. The van der Waals surface area contributed by atoms with Crippen molar-refractivity contribution in [3.8, 4) is 136 Å². The fraction of sp³-hybridized carbons (Fsp3) is 0. The number of hydrogen-bond acceptors (Lipinski definition) is 12. The van der Waals surface area contributed by atoms with Gasteiger partial charge in [-0.2, -0.15) is 0 Å². The maximum absolute atomic E-state index is 6.25. The third-order valence-corrected chi connectivity index (χ3v) is 20.7. The highest BCUT2D eigenvalue weighted by atomic mass is 16.3. The summed E-state index contributed by atoms with van der Waals surface area (Å²) in [6.07, 6.45) is 0. The predicted molar refractivity (Wildman–Crippen MR) is 464 cm³/mol. The Hall–Kier alpha value is -15.8. The number of rotatable bonds is 12. The van der Waals surface area contributed by atoms with Crippen molar-refractivity contribution in [2.75, 3.05) is 0 Å². The molecule has 12 nitrogen and oxygen atoms in total. The molecular weight excluding hydrogens is 1410 g/mol. The van der Waals surface area contributed by atoms with Gasteiger partial charge in [-0.15, -0.1) is 0 Å². The van der Waals surface area contributed by atoms with Gasteiger partial charge in [-0.05, 0) is 87.1 Å². The Morgan fingerprint density at radius 3 is 0.791 bits per heavy atom. The van der Waals surface area contributed by atoms with E-state index in [4.69, 9.17) is 58.1 Å². The third kappa shape index (κ3) is 13.7. The number of hydrogen-bond donors (Lipinski definition) is 0. The number of nitrogens with zero attached hydrogens (tertiary/aromatic N) is 9. The van der Waals surface area contributed by atoms with Gasteiger partial charge in [0.1, 0.15) is 33.5 Å². The lowest BCUT2D eigenvalue weighted by molar-refractivity contribution is 0.668. The summed E-state index contributed by atoms with van der Waals surface area (Å²) in [4.78, 5) is 43.8. The average molecular weight is 1480 g/mol. The van der Waals surface area contributed by atoms with E-state index in [1.165, 1.54) is 0 Å². The Bertz CT molecular complexity index is 7120. The molecule has 540 valence electrons. The number of benzene rings is 16. The van der Waals surface area contributed by atoms with Gasteiger partial charge in [-0.1, -0.05) is 346 Å². The summed E-state index contributed by atoms with van der Waals surface area (Å²) in [5.41, 5.74) is 20.6. The molecule has 0 amide bonds. The maximum Gasteiger partial charge on any atom is 0.164 e. The number of aromatic nitrogens is 9. The molecule has 22 rings (SSSR count). The minimum absolute atomic E-state index is 0.640. The summed E-state index contributed by atoms with van der Waals surface area (Å²) < 4.78 is 18.3. The van der Waals surface area contributed by atoms with Crippen LogP contribution in [0.2, 0.25) is 0 Å². The van der Waals surface area contributed by atoms with Crippen LogP contribution in [0.5, 0.6) is 0 Å². The van der Waals surface area contributed by atoms with Crippen LogP contribution in [-0.4, -0.2) is 44.9 Å². The normalized spacial score (nSPS) is 11.3. The van der Waals surface area contributed by atoms with Crippen molar-refractivity contribution in [1.29, 1.82) is 0 Å². The molecule has 0 fully saturated rings. The fourth-order valence-corrected chi connectivity index (χ4v) is 14.9. The summed E-state index contributed by atoms with van der Waals surface area (Å²) in [6.45, 7) is 0. The Kier molecular flexibility index (Phi) is 18.0. The topological polar surface area (TPSA) is 155 Å². The Labute approximate surface area is 660 Å². The molecule has 0 atom stereocenters. The molecule has 6 aromatic heterocycles. The molecule has 0 spiro atoms. The molecule has 0 saturated carbocycles. The molecule has 16 aromatic carbocycles. The van der Waals surface area contributed by atoms with E-state index in [1.54, 1.807) is 0 Å². The Morgan fingerprint density at radius 1 is 0.130 bits per heavy atom. The fourth-order valence-electron chi connectivity index (χ4n) is 14.9. The van der Waals surface area contributed by atoms with Crippen molar-refractivity contribution in [3.63, 3.8) is 0 Å². The first-order valence-corrected chi connectivity index (χ1v) is 38.0. The van der Waals surface area contributed by atoms with E-state index in [0.29, 0.717) is 52.4 Å². The minimum Gasteiger partial charge on any atom is -0.456 e. The van der Waals surface area contributed by atoms with E-state index in [-0.39, 0.29) is 0 Å². The van der Waals surface area contributed by atoms with E-state index >= 15 is 0 Å². The van der Waals surface area contributed by atoms with E-state index in [2.05, 4.69) is 158 Å². The zero-order chi connectivity index (χ0) is 76.4. The predicted octanol–water partition coefficient (Wildman–Crippen LogP) is 26.5. The van der Waals surface area contributed by atoms with Crippen LogP contribution in [-0.2, 0) is 0 Å². The second-order valence-electron chi connectivity index (χ2n) is 27.9. The highest BCUT2D eigenvalue weighted by Crippen LogP contribution is 2.42. The molecule has 12 heteroatoms. The minimum atomic E-state index is 0.640. The zero-order valence-corrected chi connectivity index (χ0v) is 61.8. The quantitative estimate of drug-likeness (QED) is 0.114. The van der Waals surface area contributed by atoms with Crippen molar-refractivity contribution in [1.82, 2.24) is 44.9 Å². The lowest BCUT2D eigenvalue weighted by atomic mass is 9.94. The number of para-hydroxylation sites is 4. The SMILES string of the molecule is c1ccc(-c2nc(-c3ccccc3)nc(-c3ccc(-c4ccc5oc6ccccc6c5c4)c4ccccc34)n2)cc1.c1ccc(-c2nc(-c3ccccc3)nc(-c3ccc(-c4ccc5oc6ccccc6c5c4)cc3)n2)cc1.c1ccc(-c2nc(-c3ccccc3)nc(-c3ccc(-c4cccc5c4oc4ccccc45)cc3)n2)cc1. The molecule has 0 aliphatic rings. The lowest BCUT2D eigenvalue weighted by Gasteiger charge is -2.13. The van der Waals surface area contributed by atoms with Gasteiger partial charge in [0.15, 0.2) is 52.4 Å². The van der Waals surface area contributed by atoms with Crippen molar-refractivity contribution in [3.05, 3.63) is 394 Å². The lowest BCUT2D eigenvalue weighted by Crippen LogP contribution is -2.00. The molecule has 115 heavy (non-hydrogen) atoms. The van der Waals surface area contributed by atoms with E-state index in [1.807, 2.05) is 237 Å². The highest BCUT2D eigenvalue weighted by Gasteiger charge is 2.21. The monoisotopic (exact) mass is 1480 g/mol. The first-order valence-electron chi connectivity index (χ1n) is 38.0. The second-order valence-corrected chi connectivity index (χ2v) is 27.9. The van der Waals surface area contributed by atoms with Gasteiger partial charge in [0.05, 0.1) is 0 Å². The molecule has 0 aliphatic heterocycles. The first-order chi connectivity index (χ1) is 57.0. The molecule has 0 aliphatic carbocycles. The van der Waals surface area contributed by atoms with E-state index in [0.717, 1.165) is 160 Å². The van der Waals surface area contributed by atoms with Gasteiger partial charge in [0.25, 0.3) is 0 Å². The first kappa shape index (κ1) is 68.5. The van der Waals surface area contributed by atoms with Crippen LogP contribution in [0.25, 0.3) is 212 Å². The zero-order valence-electron chi connectivity index (χ0n) is 61.8. The summed E-state index contributed by atoms with van der Waals surface area (Å²) in [5.74, 6) is 5.87. The van der Waals surface area contributed by atoms with Crippen molar-refractivity contribution in [2.45, 2.75) is 0 Å². The summed E-state index contributed by atoms with van der Waals surface area (Å²) in [7, 11) is 0. The molecule has 0 unspecified atom stereocenters. The third-order valence-electron chi connectivity index (χ3n) is 20.7. The van der Waals surface area contributed by atoms with Gasteiger partial charge in [-0.3, -0.25) is 0 Å². The largest absolute Gasteiger partial charge is 0.456 e. The Morgan fingerprint density at radius 2 is 0.391 bits per heavy atom. The second kappa shape index (κ2) is 30.2. The van der Waals surface area contributed by atoms with Gasteiger partial charge in [0.2, 0.25) is 0 Å². The van der Waals surface area contributed by atoms with Crippen molar-refractivity contribution >= 4 is 76.6 Å². The average Bonchev–Trinajstić information content (AvgIpc) is 1.76. The van der Waals surface area contributed by atoms with Crippen molar-refractivity contribution in [2.24, 2.45) is 0 Å². The van der Waals surface area contributed by atoms with Crippen LogP contribution in [0.1, 0.15) is 0 Å². The van der Waals surface area contributed by atoms with Crippen LogP contribution in [0.4, 0.5) is 0 Å². The molecule has 0 saturated heterocycles. The van der Waals surface area contributed by atoms with Crippen LogP contribution < -0.4 is 0 Å². The molecule has 22 aromatic rings. The van der Waals surface area contributed by atoms with E-state index in [9.17, 15) is 0 Å². The van der Waals surface area contributed by atoms with Gasteiger partial charge < -0.3 is 13.3 Å². The van der Waals surface area contributed by atoms with Gasteiger partial charge in [-0.25, -0.2) is 44.9 Å². The van der Waals surface area contributed by atoms with Gasteiger partial charge in [0, 0.05) is 88.0 Å². The molecule has 0 N–H and O–H groups in total. The maximum atomic E-state index is 6.25. The van der Waals surface area contributed by atoms with Crippen LogP contribution in [0.15, 0.2) is 408 Å². The van der Waals surface area contributed by atoms with E-state index < -0.39 is 0 Å². The van der Waals surface area contributed by atoms with Crippen molar-refractivity contribution < 1.29 is 13.3 Å². The van der Waals surface area contributed by atoms with Gasteiger partial charge >= 0.3 is 0 Å². The number of fused-ring (bicyclic) bond motifs is 10. The summed E-state index contributed by atoms with van der Waals surface area (Å²) >= 11 is 0. The van der Waals surface area contributed by atoms with Crippen LogP contribution >= 0.6 is 0 Å². The standard InChI is InChI=1S/C37H23N3O.2C33H21N3O/c1-3-11-24(12-4-1)35-38-36(25-13-5-2-6-14-25)40-37(39-35)31-21-20-27(28-15-7-8-16-29(28)31)26-19-22-34-32(23-26)30-17-9-10-18-33(30)41-34;1-3-10-23(11-4-1)31-34-32(24-12-5-2-6-13-24)36-33(35-31)25-20-18-22(19-21-25)26-15-9-16-28-27-14-7-8-17-29(27)37-30(26)28;1-3-9-23(10-4-1)31-34-32(24-11-5-2-6-12-24)36-33(35-31)25-17-15-22(16-18-25)26-19-20-30-28(21-26)27-13-7-8-14-29(27)37-30/h1-23H;2*1-21H. The molecule has 6 heterocycles. The van der Waals surface area contributed by atoms with Crippen LogP contribution in [0, 0.1) is 0 Å². The summed E-state index contributed by atoms with van der Waals surface area (Å²) in [5, 5.41) is 8.96.